The molecule has 4 atom stereocenters. The van der Waals surface area contributed by atoms with E-state index in [0.717, 1.165) is 0 Å². The van der Waals surface area contributed by atoms with Crippen molar-refractivity contribution in [2.45, 2.75) is 100 Å². The van der Waals surface area contributed by atoms with Crippen LogP contribution in [0.15, 0.2) is 0 Å². The number of hydrogen-bond acceptors (Lipinski definition) is 7. The molecule has 0 aromatic rings. The summed E-state index contributed by atoms with van der Waals surface area (Å²) in [4.78, 5) is 41.1. The topological polar surface area (TPSA) is 197 Å². The standard InChI is InChI=1S/C24H49NO11P2S/c1-20(2,3)18(35-11-12-37(27,28)36-38(29,30)31)14-22(6,7)23(8,9)17-13-21(4,5)15-24(10,25-19(17)26)16-39(32,33)34/h17-18H,11-16H2,1-10H3,(H,25,26)(H,27,28)(H2,29,30,31)(H,32,33,34). The van der Waals surface area contributed by atoms with Crippen LogP contribution in [0, 0.1) is 27.6 Å². The molecule has 0 bridgehead atoms. The van der Waals surface area contributed by atoms with Crippen molar-refractivity contribution in [1.29, 1.82) is 0 Å². The highest BCUT2D eigenvalue weighted by Gasteiger charge is 2.53. The van der Waals surface area contributed by atoms with Crippen molar-refractivity contribution in [2.75, 3.05) is 18.5 Å². The Morgan fingerprint density at radius 1 is 1.05 bits per heavy atom. The molecule has 0 aromatic heterocycles. The van der Waals surface area contributed by atoms with Gasteiger partial charge in [0.1, 0.15) is 0 Å². The lowest BCUT2D eigenvalue weighted by molar-refractivity contribution is -0.136. The van der Waals surface area contributed by atoms with Crippen LogP contribution in [0.4, 0.5) is 0 Å². The van der Waals surface area contributed by atoms with E-state index in [4.69, 9.17) is 14.5 Å². The van der Waals surface area contributed by atoms with E-state index in [1.165, 1.54) is 0 Å². The van der Waals surface area contributed by atoms with Crippen molar-refractivity contribution in [3.63, 3.8) is 0 Å². The summed E-state index contributed by atoms with van der Waals surface area (Å²) in [5.74, 6) is -1.40. The maximum atomic E-state index is 13.6. The number of nitrogens with one attached hydrogen (secondary N) is 1. The Hall–Kier alpha value is -0.360. The quantitative estimate of drug-likeness (QED) is 0.153. The van der Waals surface area contributed by atoms with Gasteiger partial charge in [-0.2, -0.15) is 8.42 Å². The highest BCUT2D eigenvalue weighted by Crippen LogP contribution is 2.57. The van der Waals surface area contributed by atoms with Gasteiger partial charge in [0.2, 0.25) is 5.91 Å². The number of amides is 1. The van der Waals surface area contributed by atoms with Gasteiger partial charge in [-0.05, 0) is 47.8 Å². The summed E-state index contributed by atoms with van der Waals surface area (Å²) in [6, 6.07) is 0. The molecule has 0 spiro atoms. The van der Waals surface area contributed by atoms with E-state index in [-0.39, 0.29) is 12.5 Å². The van der Waals surface area contributed by atoms with Crippen LogP contribution in [0.5, 0.6) is 0 Å². The summed E-state index contributed by atoms with van der Waals surface area (Å²) in [7, 11) is -14.1. The molecule has 1 rings (SSSR count). The highest BCUT2D eigenvalue weighted by atomic mass is 32.2. The molecule has 5 N–H and O–H groups in total. The molecule has 1 saturated heterocycles. The van der Waals surface area contributed by atoms with E-state index < -0.39 is 76.7 Å². The van der Waals surface area contributed by atoms with E-state index in [0.29, 0.717) is 19.3 Å². The van der Waals surface area contributed by atoms with Crippen molar-refractivity contribution in [3.05, 3.63) is 0 Å². The smallest absolute Gasteiger partial charge is 0.377 e. The van der Waals surface area contributed by atoms with Crippen molar-refractivity contribution in [1.82, 2.24) is 5.32 Å². The van der Waals surface area contributed by atoms with Gasteiger partial charge < -0.3 is 24.7 Å². The monoisotopic (exact) mass is 621 g/mol. The minimum Gasteiger partial charge on any atom is -0.377 e. The number of carbonyl (C=O) groups excluding carboxylic acids is 1. The second-order valence-corrected chi connectivity index (χ2v) is 19.2. The fraction of sp³-hybridized carbons (Fsp3) is 0.958. The zero-order valence-corrected chi connectivity index (χ0v) is 27.5. The third kappa shape index (κ3) is 11.4. The van der Waals surface area contributed by atoms with Crippen LogP contribution in [-0.2, 0) is 33.1 Å². The predicted molar refractivity (Wildman–Crippen MR) is 149 cm³/mol. The Labute approximate surface area is 233 Å². The molecule has 0 saturated carbocycles. The molecule has 232 valence electrons. The summed E-state index contributed by atoms with van der Waals surface area (Å²) in [5.41, 5.74) is -3.19. The van der Waals surface area contributed by atoms with Crippen LogP contribution in [0.3, 0.4) is 0 Å². The molecular formula is C24H49NO11P2S. The minimum atomic E-state index is -5.15. The molecule has 1 aliphatic heterocycles. The summed E-state index contributed by atoms with van der Waals surface area (Å²) in [5, 5.41) is 2.90. The summed E-state index contributed by atoms with van der Waals surface area (Å²) in [6.07, 6.45) is 0.189. The second kappa shape index (κ2) is 11.7. The molecule has 0 aliphatic carbocycles. The summed E-state index contributed by atoms with van der Waals surface area (Å²) in [6.45, 7) is 19.1. The molecule has 4 unspecified atom stereocenters. The van der Waals surface area contributed by atoms with Crippen molar-refractivity contribution in [2.24, 2.45) is 27.6 Å². The Morgan fingerprint density at radius 3 is 2.00 bits per heavy atom. The Morgan fingerprint density at radius 2 is 1.56 bits per heavy atom. The first-order valence-corrected chi connectivity index (χ1v) is 17.8. The van der Waals surface area contributed by atoms with Gasteiger partial charge in [0.15, 0.2) is 0 Å². The number of ether oxygens (including phenoxy) is 1. The van der Waals surface area contributed by atoms with Crippen LogP contribution in [0.2, 0.25) is 0 Å². The van der Waals surface area contributed by atoms with Gasteiger partial charge in [-0.25, -0.2) is 8.88 Å². The molecule has 0 aromatic carbocycles. The van der Waals surface area contributed by atoms with Gasteiger partial charge in [0.25, 0.3) is 10.1 Å². The van der Waals surface area contributed by atoms with Gasteiger partial charge in [-0.15, -0.1) is 0 Å². The van der Waals surface area contributed by atoms with Crippen LogP contribution in [0.25, 0.3) is 0 Å². The van der Waals surface area contributed by atoms with E-state index >= 15 is 0 Å². The molecule has 12 nitrogen and oxygen atoms in total. The Kier molecular flexibility index (Phi) is 11.0. The lowest BCUT2D eigenvalue weighted by atomic mass is 9.55. The first kappa shape index (κ1) is 36.7. The second-order valence-electron chi connectivity index (χ2n) is 14.3. The molecule has 1 heterocycles. The van der Waals surface area contributed by atoms with Gasteiger partial charge in [0.05, 0.1) is 30.2 Å². The van der Waals surface area contributed by atoms with Crippen LogP contribution in [0.1, 0.15) is 88.5 Å². The van der Waals surface area contributed by atoms with Gasteiger partial charge in [-0.3, -0.25) is 13.9 Å². The number of rotatable bonds is 12. The molecule has 39 heavy (non-hydrogen) atoms. The molecule has 1 fully saturated rings. The number of carbonyl (C=O) groups is 1. The van der Waals surface area contributed by atoms with Crippen LogP contribution in [-0.4, -0.2) is 63.7 Å². The SMILES string of the molecule is CC1(C)CC(C(C)(C)C(C)(C)CC(OCCP(=O)(O)OP(=O)(O)O)C(C)(C)C)C(=O)NC(C)(CS(=O)(=O)O)C1. The molecule has 15 heteroatoms. The van der Waals surface area contributed by atoms with E-state index in [1.54, 1.807) is 6.92 Å². The summed E-state index contributed by atoms with van der Waals surface area (Å²) >= 11 is 0. The molecule has 1 aliphatic rings. The third-order valence-corrected chi connectivity index (χ3v) is 11.7. The first-order valence-electron chi connectivity index (χ1n) is 12.9. The van der Waals surface area contributed by atoms with E-state index in [2.05, 4.69) is 9.63 Å². The number of hydrogen-bond donors (Lipinski definition) is 5. The van der Waals surface area contributed by atoms with Crippen LogP contribution >= 0.6 is 15.4 Å². The third-order valence-electron chi connectivity index (χ3n) is 8.07. The Bertz CT molecular complexity index is 1090. The zero-order chi connectivity index (χ0) is 31.1. The van der Waals surface area contributed by atoms with Crippen molar-refractivity contribution in [3.8, 4) is 0 Å². The average molecular weight is 622 g/mol. The highest BCUT2D eigenvalue weighted by molar-refractivity contribution is 7.85. The largest absolute Gasteiger partial charge is 0.476 e. The zero-order valence-electron chi connectivity index (χ0n) is 24.8. The van der Waals surface area contributed by atoms with Crippen molar-refractivity contribution < 1.29 is 50.6 Å². The van der Waals surface area contributed by atoms with Gasteiger partial charge in [-0.1, -0.05) is 62.3 Å². The normalized spacial score (nSPS) is 25.9. The minimum absolute atomic E-state index is 0.281. The summed E-state index contributed by atoms with van der Waals surface area (Å²) < 4.78 is 66.0. The van der Waals surface area contributed by atoms with E-state index in [1.807, 2.05) is 62.3 Å². The maximum absolute atomic E-state index is 13.6. The predicted octanol–water partition coefficient (Wildman–Crippen LogP) is 4.35. The lowest BCUT2D eigenvalue weighted by Gasteiger charge is -2.50. The average Bonchev–Trinajstić information content (AvgIpc) is 2.68. The van der Waals surface area contributed by atoms with Gasteiger partial charge >= 0.3 is 15.4 Å². The maximum Gasteiger partial charge on any atom is 0.476 e. The number of phosphoric acid groups is 1. The van der Waals surface area contributed by atoms with Gasteiger partial charge in [0, 0.05) is 5.92 Å². The van der Waals surface area contributed by atoms with Crippen LogP contribution < -0.4 is 5.32 Å². The van der Waals surface area contributed by atoms with E-state index in [9.17, 15) is 31.8 Å². The first-order chi connectivity index (χ1) is 16.9. The lowest BCUT2D eigenvalue weighted by Crippen LogP contribution is -2.54. The van der Waals surface area contributed by atoms with Crippen molar-refractivity contribution >= 4 is 31.4 Å². The Balaban J connectivity index is 3.22. The fourth-order valence-electron chi connectivity index (χ4n) is 5.61. The fourth-order valence-corrected chi connectivity index (χ4v) is 8.58. The molecular weight excluding hydrogens is 572 g/mol. The molecule has 1 amide bonds. The molecule has 0 radical (unpaired) electrons.